The van der Waals surface area contributed by atoms with Gasteiger partial charge in [-0.2, -0.15) is 0 Å². The highest BCUT2D eigenvalue weighted by molar-refractivity contribution is 5.85. The molecule has 0 radical (unpaired) electrons. The first kappa shape index (κ1) is 24.3. The predicted octanol–water partition coefficient (Wildman–Crippen LogP) is 3.90. The van der Waals surface area contributed by atoms with E-state index < -0.39 is 0 Å². The lowest BCUT2D eigenvalue weighted by atomic mass is 9.96. The van der Waals surface area contributed by atoms with Crippen molar-refractivity contribution in [1.82, 2.24) is 20.4 Å². The second kappa shape index (κ2) is 11.6. The molecule has 1 aliphatic heterocycles. The van der Waals surface area contributed by atoms with Gasteiger partial charge in [0.1, 0.15) is 5.75 Å². The average molecular weight is 467 g/mol. The van der Waals surface area contributed by atoms with Gasteiger partial charge < -0.3 is 20.3 Å². The van der Waals surface area contributed by atoms with Crippen molar-refractivity contribution >= 4 is 22.7 Å². The summed E-state index contributed by atoms with van der Waals surface area (Å²) in [4.78, 5) is 29.1. The fraction of sp³-hybridized carbons (Fsp3) is 0.556. The SMILES string of the molecule is COc1ccc2cc(CN(C)C(=O)CN3CCC(NC(=O)NC4CCCCC4)CC3)ccc2c1. The van der Waals surface area contributed by atoms with Crippen LogP contribution in [-0.2, 0) is 11.3 Å². The highest BCUT2D eigenvalue weighted by Crippen LogP contribution is 2.22. The Kier molecular flexibility index (Phi) is 8.27. The third-order valence-electron chi connectivity index (χ3n) is 7.18. The maximum Gasteiger partial charge on any atom is 0.315 e. The van der Waals surface area contributed by atoms with E-state index in [2.05, 4.69) is 33.7 Å². The molecule has 0 unspecified atom stereocenters. The molecular formula is C27H38N4O3. The maximum atomic E-state index is 12.8. The molecule has 1 saturated heterocycles. The average Bonchev–Trinajstić information content (AvgIpc) is 2.85. The number of fused-ring (bicyclic) bond motifs is 1. The van der Waals surface area contributed by atoms with E-state index in [0.29, 0.717) is 19.1 Å². The maximum absolute atomic E-state index is 12.8. The Labute approximate surface area is 202 Å². The molecule has 2 fully saturated rings. The number of nitrogens with zero attached hydrogens (tertiary/aromatic N) is 2. The first-order valence-electron chi connectivity index (χ1n) is 12.6. The number of urea groups is 1. The van der Waals surface area contributed by atoms with Crippen molar-refractivity contribution in [3.05, 3.63) is 42.0 Å². The molecule has 1 saturated carbocycles. The Morgan fingerprint density at radius 1 is 0.941 bits per heavy atom. The normalized spacial score (nSPS) is 17.9. The van der Waals surface area contributed by atoms with Crippen molar-refractivity contribution in [1.29, 1.82) is 0 Å². The first-order chi connectivity index (χ1) is 16.5. The zero-order valence-electron chi connectivity index (χ0n) is 20.5. The standard InChI is InChI=1S/C27H38N4O3/c1-30(18-20-8-9-22-17-25(34-2)11-10-21(22)16-20)26(32)19-31-14-12-24(13-15-31)29-27(33)28-23-6-4-3-5-7-23/h8-11,16-17,23-24H,3-7,12-15,18-19H2,1-2H3,(H2,28,29,33). The van der Waals surface area contributed by atoms with Crippen LogP contribution in [0, 0.1) is 0 Å². The van der Waals surface area contributed by atoms with Gasteiger partial charge in [0.25, 0.3) is 0 Å². The number of methoxy groups -OCH3 is 1. The predicted molar refractivity (Wildman–Crippen MR) is 135 cm³/mol. The lowest BCUT2D eigenvalue weighted by Gasteiger charge is -2.33. The Morgan fingerprint density at radius 2 is 1.59 bits per heavy atom. The third-order valence-corrected chi connectivity index (χ3v) is 7.18. The van der Waals surface area contributed by atoms with Gasteiger partial charge in [-0.25, -0.2) is 4.79 Å². The third kappa shape index (κ3) is 6.63. The zero-order valence-corrected chi connectivity index (χ0v) is 20.5. The number of ether oxygens (including phenoxy) is 1. The number of rotatable bonds is 7. The zero-order chi connectivity index (χ0) is 23.9. The molecule has 1 heterocycles. The van der Waals surface area contributed by atoms with Gasteiger partial charge in [0, 0.05) is 38.8 Å². The van der Waals surface area contributed by atoms with Gasteiger partial charge in [0.05, 0.1) is 13.7 Å². The number of likely N-dealkylation sites (tertiary alicyclic amines) is 1. The van der Waals surface area contributed by atoms with Gasteiger partial charge >= 0.3 is 6.03 Å². The number of piperidine rings is 1. The smallest absolute Gasteiger partial charge is 0.315 e. The van der Waals surface area contributed by atoms with E-state index in [9.17, 15) is 9.59 Å². The summed E-state index contributed by atoms with van der Waals surface area (Å²) in [6.07, 6.45) is 7.64. The topological polar surface area (TPSA) is 73.9 Å². The second-order valence-corrected chi connectivity index (χ2v) is 9.80. The second-order valence-electron chi connectivity index (χ2n) is 9.80. The molecule has 4 rings (SSSR count). The van der Waals surface area contributed by atoms with Crippen LogP contribution in [-0.4, -0.2) is 67.6 Å². The number of likely N-dealkylation sites (N-methyl/N-ethyl adjacent to an activating group) is 1. The molecule has 1 aliphatic carbocycles. The lowest BCUT2D eigenvalue weighted by molar-refractivity contribution is -0.131. The van der Waals surface area contributed by atoms with Crippen molar-refractivity contribution in [2.75, 3.05) is 33.8 Å². The van der Waals surface area contributed by atoms with Crippen molar-refractivity contribution < 1.29 is 14.3 Å². The van der Waals surface area contributed by atoms with Crippen LogP contribution in [0.5, 0.6) is 5.75 Å². The minimum atomic E-state index is -0.0324. The van der Waals surface area contributed by atoms with E-state index in [1.54, 1.807) is 12.0 Å². The number of hydrogen-bond acceptors (Lipinski definition) is 4. The van der Waals surface area contributed by atoms with Crippen LogP contribution in [0.2, 0.25) is 0 Å². The summed E-state index contributed by atoms with van der Waals surface area (Å²) in [7, 11) is 3.54. The highest BCUT2D eigenvalue weighted by Gasteiger charge is 2.24. The summed E-state index contributed by atoms with van der Waals surface area (Å²) in [6, 6.07) is 12.8. The quantitative estimate of drug-likeness (QED) is 0.649. The Hall–Kier alpha value is -2.80. The molecule has 0 spiro atoms. The summed E-state index contributed by atoms with van der Waals surface area (Å²) in [5.74, 6) is 0.965. The van der Waals surface area contributed by atoms with Crippen LogP contribution >= 0.6 is 0 Å². The van der Waals surface area contributed by atoms with Gasteiger partial charge in [0.2, 0.25) is 5.91 Å². The largest absolute Gasteiger partial charge is 0.497 e. The number of nitrogens with one attached hydrogen (secondary N) is 2. The Bertz CT molecular complexity index is 981. The molecule has 2 aromatic rings. The summed E-state index contributed by atoms with van der Waals surface area (Å²) in [5, 5.41) is 8.54. The van der Waals surface area contributed by atoms with E-state index in [-0.39, 0.29) is 18.0 Å². The van der Waals surface area contributed by atoms with Crippen LogP contribution in [0.1, 0.15) is 50.5 Å². The molecule has 0 aromatic heterocycles. The van der Waals surface area contributed by atoms with E-state index in [1.807, 2.05) is 25.2 Å². The van der Waals surface area contributed by atoms with Gasteiger partial charge in [-0.1, -0.05) is 37.5 Å². The van der Waals surface area contributed by atoms with E-state index in [1.165, 1.54) is 19.3 Å². The van der Waals surface area contributed by atoms with Crippen molar-refractivity contribution in [3.63, 3.8) is 0 Å². The number of benzene rings is 2. The minimum absolute atomic E-state index is 0.0324. The summed E-state index contributed by atoms with van der Waals surface area (Å²) < 4.78 is 5.30. The number of amides is 3. The fourth-order valence-corrected chi connectivity index (χ4v) is 5.07. The molecule has 3 amide bonds. The monoisotopic (exact) mass is 466 g/mol. The van der Waals surface area contributed by atoms with E-state index >= 15 is 0 Å². The minimum Gasteiger partial charge on any atom is -0.497 e. The van der Waals surface area contributed by atoms with Crippen LogP contribution in [0.15, 0.2) is 36.4 Å². The van der Waals surface area contributed by atoms with Crippen molar-refractivity contribution in [3.8, 4) is 5.75 Å². The molecule has 7 heteroatoms. The van der Waals surface area contributed by atoms with Gasteiger partial charge in [-0.15, -0.1) is 0 Å². The molecule has 2 aliphatic rings. The van der Waals surface area contributed by atoms with Gasteiger partial charge in [-0.3, -0.25) is 9.69 Å². The van der Waals surface area contributed by atoms with Crippen LogP contribution in [0.4, 0.5) is 4.79 Å². The summed E-state index contributed by atoms with van der Waals surface area (Å²) >= 11 is 0. The van der Waals surface area contributed by atoms with Crippen molar-refractivity contribution in [2.45, 2.75) is 63.6 Å². The summed E-state index contributed by atoms with van der Waals surface area (Å²) in [5.41, 5.74) is 1.11. The number of hydrogen-bond donors (Lipinski definition) is 2. The molecule has 34 heavy (non-hydrogen) atoms. The first-order valence-corrected chi connectivity index (χ1v) is 12.6. The fourth-order valence-electron chi connectivity index (χ4n) is 5.07. The molecule has 0 bridgehead atoms. The highest BCUT2D eigenvalue weighted by atomic mass is 16.5. The molecule has 0 atom stereocenters. The molecule has 184 valence electrons. The molecular weight excluding hydrogens is 428 g/mol. The van der Waals surface area contributed by atoms with E-state index in [4.69, 9.17) is 4.74 Å². The number of carbonyl (C=O) groups excluding carboxylic acids is 2. The Morgan fingerprint density at radius 3 is 2.29 bits per heavy atom. The van der Waals surface area contributed by atoms with Crippen LogP contribution in [0.3, 0.4) is 0 Å². The van der Waals surface area contributed by atoms with Gasteiger partial charge in [0.15, 0.2) is 0 Å². The van der Waals surface area contributed by atoms with Crippen molar-refractivity contribution in [2.24, 2.45) is 0 Å². The van der Waals surface area contributed by atoms with Crippen LogP contribution < -0.4 is 15.4 Å². The molecule has 2 N–H and O–H groups in total. The van der Waals surface area contributed by atoms with E-state index in [0.717, 1.165) is 60.9 Å². The Balaban J connectivity index is 1.19. The van der Waals surface area contributed by atoms with Crippen LogP contribution in [0.25, 0.3) is 10.8 Å². The number of carbonyl (C=O) groups is 2. The summed E-state index contributed by atoms with van der Waals surface area (Å²) in [6.45, 7) is 2.65. The lowest BCUT2D eigenvalue weighted by Crippen LogP contribution is -2.51. The molecule has 2 aromatic carbocycles. The van der Waals surface area contributed by atoms with Gasteiger partial charge in [-0.05, 0) is 60.2 Å². The molecule has 7 nitrogen and oxygen atoms in total.